The first-order valence-corrected chi connectivity index (χ1v) is 6.77. The second kappa shape index (κ2) is 7.97. The van der Waals surface area contributed by atoms with E-state index in [0.29, 0.717) is 22.3 Å². The Morgan fingerprint density at radius 2 is 2.05 bits per heavy atom. The van der Waals surface area contributed by atoms with E-state index >= 15 is 0 Å². The molecule has 20 heavy (non-hydrogen) atoms. The highest BCUT2D eigenvalue weighted by Crippen LogP contribution is 2.27. The molecule has 0 radical (unpaired) electrons. The summed E-state index contributed by atoms with van der Waals surface area (Å²) in [6, 6.07) is 4.71. The summed E-state index contributed by atoms with van der Waals surface area (Å²) in [7, 11) is 0. The zero-order valence-corrected chi connectivity index (χ0v) is 12.4. The molecule has 0 spiro atoms. The third-order valence-electron chi connectivity index (χ3n) is 2.57. The van der Waals surface area contributed by atoms with E-state index in [1.807, 2.05) is 0 Å². The molecule has 0 fully saturated rings. The van der Waals surface area contributed by atoms with Crippen LogP contribution < -0.4 is 4.74 Å². The van der Waals surface area contributed by atoms with Crippen LogP contribution in [0, 0.1) is 0 Å². The topological polar surface area (TPSA) is 66.8 Å². The molecule has 5 nitrogen and oxygen atoms in total. The van der Waals surface area contributed by atoms with E-state index in [1.54, 1.807) is 19.1 Å². The van der Waals surface area contributed by atoms with Crippen molar-refractivity contribution in [1.29, 1.82) is 0 Å². The molecule has 0 saturated heterocycles. The highest BCUT2D eigenvalue weighted by atomic mass is 35.5. The van der Waals surface area contributed by atoms with E-state index < -0.39 is 5.97 Å². The summed E-state index contributed by atoms with van der Waals surface area (Å²) >= 11 is 11.7. The maximum atomic E-state index is 11.9. The minimum absolute atomic E-state index is 0.0997. The van der Waals surface area contributed by atoms with Crippen LogP contribution in [-0.2, 0) is 9.59 Å². The Hall–Kier alpha value is -1.46. The number of rotatable bonds is 7. The minimum atomic E-state index is -0.949. The number of likely N-dealkylation sites (N-methyl/N-ethyl adjacent to an activating group) is 1. The number of ether oxygens (including phenoxy) is 1. The van der Waals surface area contributed by atoms with Crippen molar-refractivity contribution in [3.8, 4) is 5.75 Å². The minimum Gasteiger partial charge on any atom is -0.482 e. The van der Waals surface area contributed by atoms with Crippen molar-refractivity contribution in [3.05, 3.63) is 28.2 Å². The van der Waals surface area contributed by atoms with Gasteiger partial charge in [-0.25, -0.2) is 0 Å². The third kappa shape index (κ3) is 5.27. The standard InChI is InChI=1S/C13H15Cl2NO4/c1-2-16(6-5-13(18)19)12(17)8-20-11-7-9(14)3-4-10(11)15/h3-4,7H,2,5-6,8H2,1H3,(H,18,19). The molecule has 0 aliphatic heterocycles. The number of carboxylic acids is 1. The summed E-state index contributed by atoms with van der Waals surface area (Å²) in [5, 5.41) is 9.42. The first kappa shape index (κ1) is 16.6. The highest BCUT2D eigenvalue weighted by molar-refractivity contribution is 6.34. The number of aliphatic carboxylic acids is 1. The maximum Gasteiger partial charge on any atom is 0.305 e. The van der Waals surface area contributed by atoms with Crippen molar-refractivity contribution < 1.29 is 19.4 Å². The molecule has 0 aromatic heterocycles. The summed E-state index contributed by atoms with van der Waals surface area (Å²) < 4.78 is 5.31. The van der Waals surface area contributed by atoms with Crippen molar-refractivity contribution in [2.75, 3.05) is 19.7 Å². The molecule has 0 unspecified atom stereocenters. The maximum absolute atomic E-state index is 11.9. The Balaban J connectivity index is 2.56. The van der Waals surface area contributed by atoms with E-state index in [4.69, 9.17) is 33.0 Å². The van der Waals surface area contributed by atoms with Gasteiger partial charge >= 0.3 is 5.97 Å². The Morgan fingerprint density at radius 1 is 1.35 bits per heavy atom. The number of carbonyl (C=O) groups excluding carboxylic acids is 1. The van der Waals surface area contributed by atoms with E-state index in [0.717, 1.165) is 0 Å². The molecule has 0 saturated carbocycles. The zero-order valence-electron chi connectivity index (χ0n) is 10.9. The summed E-state index contributed by atoms with van der Waals surface area (Å²) in [5.41, 5.74) is 0. The number of hydrogen-bond donors (Lipinski definition) is 1. The molecule has 0 heterocycles. The molecule has 1 rings (SSSR count). The normalized spacial score (nSPS) is 10.2. The summed E-state index contributed by atoms with van der Waals surface area (Å²) in [6.07, 6.45) is -0.0997. The number of nitrogens with zero attached hydrogens (tertiary/aromatic N) is 1. The summed E-state index contributed by atoms with van der Waals surface area (Å²) in [6.45, 7) is 2.12. The summed E-state index contributed by atoms with van der Waals surface area (Å²) in [5.74, 6) is -0.929. The van der Waals surface area contributed by atoms with Gasteiger partial charge in [-0.15, -0.1) is 0 Å². The monoisotopic (exact) mass is 319 g/mol. The fourth-order valence-electron chi connectivity index (χ4n) is 1.51. The lowest BCUT2D eigenvalue weighted by Crippen LogP contribution is -2.36. The average molecular weight is 320 g/mol. The van der Waals surface area contributed by atoms with Gasteiger partial charge in [0.15, 0.2) is 6.61 Å². The van der Waals surface area contributed by atoms with Crippen LogP contribution in [0.5, 0.6) is 5.75 Å². The molecule has 0 atom stereocenters. The molecular formula is C13H15Cl2NO4. The number of carbonyl (C=O) groups is 2. The fraction of sp³-hybridized carbons (Fsp3) is 0.385. The van der Waals surface area contributed by atoms with Gasteiger partial charge in [0.25, 0.3) is 5.91 Å². The predicted octanol–water partition coefficient (Wildman–Crippen LogP) is 2.70. The molecule has 1 aromatic carbocycles. The Kier molecular flexibility index (Phi) is 6.61. The van der Waals surface area contributed by atoms with Gasteiger partial charge in [-0.3, -0.25) is 9.59 Å². The van der Waals surface area contributed by atoms with Crippen LogP contribution in [0.1, 0.15) is 13.3 Å². The number of amides is 1. The van der Waals surface area contributed by atoms with Gasteiger partial charge in [-0.2, -0.15) is 0 Å². The third-order valence-corrected chi connectivity index (χ3v) is 3.12. The Labute approximate surface area is 127 Å². The lowest BCUT2D eigenvalue weighted by molar-refractivity contribution is -0.139. The number of benzene rings is 1. The highest BCUT2D eigenvalue weighted by Gasteiger charge is 2.14. The molecule has 1 N–H and O–H groups in total. The average Bonchev–Trinajstić information content (AvgIpc) is 2.40. The Morgan fingerprint density at radius 3 is 2.65 bits per heavy atom. The molecule has 7 heteroatoms. The zero-order chi connectivity index (χ0) is 15.1. The smallest absolute Gasteiger partial charge is 0.305 e. The van der Waals surface area contributed by atoms with Crippen molar-refractivity contribution in [2.45, 2.75) is 13.3 Å². The SMILES string of the molecule is CCN(CCC(=O)O)C(=O)COc1cc(Cl)ccc1Cl. The van der Waals surface area contributed by atoms with E-state index in [1.165, 1.54) is 11.0 Å². The van der Waals surface area contributed by atoms with Crippen LogP contribution in [0.3, 0.4) is 0 Å². The van der Waals surface area contributed by atoms with E-state index in [-0.39, 0.29) is 25.5 Å². The quantitative estimate of drug-likeness (QED) is 0.839. The predicted molar refractivity (Wildman–Crippen MR) is 76.5 cm³/mol. The van der Waals surface area contributed by atoms with Crippen molar-refractivity contribution in [2.24, 2.45) is 0 Å². The molecule has 110 valence electrons. The molecule has 0 aliphatic carbocycles. The fourth-order valence-corrected chi connectivity index (χ4v) is 1.84. The Bertz CT molecular complexity index is 493. The van der Waals surface area contributed by atoms with Crippen molar-refractivity contribution in [3.63, 3.8) is 0 Å². The number of halogens is 2. The molecule has 1 aromatic rings. The van der Waals surface area contributed by atoms with Gasteiger partial charge < -0.3 is 14.7 Å². The largest absolute Gasteiger partial charge is 0.482 e. The second-order valence-corrected chi connectivity index (χ2v) is 4.82. The van der Waals surface area contributed by atoms with Gasteiger partial charge in [0.2, 0.25) is 0 Å². The molecule has 0 aliphatic rings. The van der Waals surface area contributed by atoms with Crippen molar-refractivity contribution in [1.82, 2.24) is 4.90 Å². The van der Waals surface area contributed by atoms with E-state index in [9.17, 15) is 9.59 Å². The number of hydrogen-bond acceptors (Lipinski definition) is 3. The van der Waals surface area contributed by atoms with Crippen LogP contribution in [-0.4, -0.2) is 41.6 Å². The summed E-state index contributed by atoms with van der Waals surface area (Å²) in [4.78, 5) is 23.8. The first-order valence-electron chi connectivity index (χ1n) is 6.01. The van der Waals surface area contributed by atoms with Gasteiger partial charge in [0.05, 0.1) is 11.4 Å². The lowest BCUT2D eigenvalue weighted by Gasteiger charge is -2.20. The van der Waals surface area contributed by atoms with Crippen LogP contribution in [0.2, 0.25) is 10.0 Å². The number of carboxylic acid groups (broad SMARTS) is 1. The van der Waals surface area contributed by atoms with Gasteiger partial charge in [-0.1, -0.05) is 23.2 Å². The van der Waals surface area contributed by atoms with Gasteiger partial charge in [-0.05, 0) is 19.1 Å². The first-order chi connectivity index (χ1) is 9.43. The molecular weight excluding hydrogens is 305 g/mol. The van der Waals surface area contributed by atoms with Gasteiger partial charge in [0.1, 0.15) is 5.75 Å². The molecule has 1 amide bonds. The van der Waals surface area contributed by atoms with Gasteiger partial charge in [0, 0.05) is 24.2 Å². The van der Waals surface area contributed by atoms with Crippen LogP contribution in [0.15, 0.2) is 18.2 Å². The van der Waals surface area contributed by atoms with Crippen LogP contribution in [0.4, 0.5) is 0 Å². The lowest BCUT2D eigenvalue weighted by atomic mass is 10.3. The van der Waals surface area contributed by atoms with E-state index in [2.05, 4.69) is 0 Å². The second-order valence-electron chi connectivity index (χ2n) is 3.98. The van der Waals surface area contributed by atoms with Crippen LogP contribution in [0.25, 0.3) is 0 Å². The molecule has 0 bridgehead atoms. The van der Waals surface area contributed by atoms with Crippen molar-refractivity contribution >= 4 is 35.1 Å². The van der Waals surface area contributed by atoms with Crippen LogP contribution >= 0.6 is 23.2 Å².